The van der Waals surface area contributed by atoms with E-state index < -0.39 is 0 Å². The predicted molar refractivity (Wildman–Crippen MR) is 68.7 cm³/mol. The Morgan fingerprint density at radius 3 is 2.69 bits per heavy atom. The molecule has 1 aliphatic heterocycles. The van der Waals surface area contributed by atoms with Gasteiger partial charge in [0, 0.05) is 36.9 Å². The fourth-order valence-corrected chi connectivity index (χ4v) is 2.10. The van der Waals surface area contributed by atoms with Crippen LogP contribution in [-0.2, 0) is 13.1 Å². The molecule has 5 heteroatoms. The van der Waals surface area contributed by atoms with Crippen LogP contribution in [0, 0.1) is 0 Å². The number of nitrogens with zero attached hydrogens (tertiary/aromatic N) is 2. The highest BCUT2D eigenvalue weighted by atomic mass is 79.9. The topological polar surface area (TPSA) is 49.3 Å². The van der Waals surface area contributed by atoms with E-state index in [-0.39, 0.29) is 0 Å². The van der Waals surface area contributed by atoms with E-state index in [2.05, 4.69) is 36.5 Å². The third-order valence-electron chi connectivity index (χ3n) is 2.29. The molecule has 16 heavy (non-hydrogen) atoms. The standard InChI is InChI=1S/C11H15BrN4/c12-9-5-10-7-14-3-1-13-2-4-15-8-11(6-9)16-10/h1,5-6,14-15H,2-4,7-8H2. The zero-order valence-corrected chi connectivity index (χ0v) is 10.6. The fraction of sp³-hybridized carbons (Fsp3) is 0.455. The molecule has 2 bridgehead atoms. The lowest BCUT2D eigenvalue weighted by molar-refractivity contribution is 0.667. The van der Waals surface area contributed by atoms with Gasteiger partial charge in [-0.15, -0.1) is 0 Å². The van der Waals surface area contributed by atoms with E-state index in [1.165, 1.54) is 0 Å². The Kier molecular flexibility index (Phi) is 4.44. The number of pyridine rings is 1. The maximum absolute atomic E-state index is 4.57. The van der Waals surface area contributed by atoms with E-state index in [0.29, 0.717) is 0 Å². The first-order valence-electron chi connectivity index (χ1n) is 5.39. The Bertz CT molecular complexity index is 378. The molecule has 1 aromatic rings. The van der Waals surface area contributed by atoms with Crippen LogP contribution in [-0.4, -0.2) is 30.8 Å². The molecule has 0 spiro atoms. The van der Waals surface area contributed by atoms with Crippen molar-refractivity contribution in [3.63, 3.8) is 0 Å². The van der Waals surface area contributed by atoms with Gasteiger partial charge in [-0.2, -0.15) is 0 Å². The number of hydrogen-bond donors (Lipinski definition) is 2. The summed E-state index contributed by atoms with van der Waals surface area (Å²) in [7, 11) is 0. The SMILES string of the molecule is Brc1cc2nc(c1)CNCCN=CCNC2. The van der Waals surface area contributed by atoms with Gasteiger partial charge in [-0.3, -0.25) is 9.98 Å². The van der Waals surface area contributed by atoms with Crippen molar-refractivity contribution >= 4 is 22.1 Å². The first kappa shape index (κ1) is 11.7. The molecular formula is C11H15BrN4. The molecule has 2 heterocycles. The summed E-state index contributed by atoms with van der Waals surface area (Å²) in [6.45, 7) is 4.08. The number of aliphatic imine (C=N–C) groups is 1. The first-order valence-corrected chi connectivity index (χ1v) is 6.19. The van der Waals surface area contributed by atoms with Gasteiger partial charge in [0.2, 0.25) is 0 Å². The molecular weight excluding hydrogens is 268 g/mol. The van der Waals surface area contributed by atoms with Crippen molar-refractivity contribution < 1.29 is 0 Å². The van der Waals surface area contributed by atoms with Gasteiger partial charge in [-0.1, -0.05) is 15.9 Å². The summed E-state index contributed by atoms with van der Waals surface area (Å²) >= 11 is 3.51. The molecule has 86 valence electrons. The monoisotopic (exact) mass is 282 g/mol. The molecule has 0 radical (unpaired) electrons. The molecule has 0 unspecified atom stereocenters. The maximum atomic E-state index is 4.57. The average molecular weight is 283 g/mol. The predicted octanol–water partition coefficient (Wildman–Crippen LogP) is 1.11. The van der Waals surface area contributed by atoms with Crippen molar-refractivity contribution in [3.8, 4) is 0 Å². The van der Waals surface area contributed by atoms with Gasteiger partial charge in [-0.25, -0.2) is 0 Å². The lowest BCUT2D eigenvalue weighted by Crippen LogP contribution is -2.22. The summed E-state index contributed by atoms with van der Waals surface area (Å²) in [5.41, 5.74) is 2.12. The Hall–Kier alpha value is -0.780. The molecule has 0 saturated carbocycles. The normalized spacial score (nSPS) is 17.6. The van der Waals surface area contributed by atoms with Crippen LogP contribution >= 0.6 is 15.9 Å². The quantitative estimate of drug-likeness (QED) is 0.750. The van der Waals surface area contributed by atoms with E-state index in [4.69, 9.17) is 0 Å². The summed E-state index contributed by atoms with van der Waals surface area (Å²) in [6.07, 6.45) is 1.92. The minimum absolute atomic E-state index is 0.776. The molecule has 1 aliphatic rings. The largest absolute Gasteiger partial charge is 0.309 e. The van der Waals surface area contributed by atoms with E-state index in [1.807, 2.05) is 18.3 Å². The van der Waals surface area contributed by atoms with E-state index in [9.17, 15) is 0 Å². The summed E-state index contributed by atoms with van der Waals surface area (Å²) < 4.78 is 1.09. The fourth-order valence-electron chi connectivity index (χ4n) is 1.57. The third-order valence-corrected chi connectivity index (χ3v) is 2.75. The van der Waals surface area contributed by atoms with Gasteiger partial charge in [-0.05, 0) is 12.1 Å². The highest BCUT2D eigenvalue weighted by molar-refractivity contribution is 9.10. The second-order valence-electron chi connectivity index (χ2n) is 3.66. The minimum atomic E-state index is 0.776. The smallest absolute Gasteiger partial charge is 0.0556 e. The molecule has 4 nitrogen and oxygen atoms in total. The highest BCUT2D eigenvalue weighted by Crippen LogP contribution is 2.12. The number of hydrogen-bond acceptors (Lipinski definition) is 4. The van der Waals surface area contributed by atoms with Gasteiger partial charge in [0.25, 0.3) is 0 Å². The van der Waals surface area contributed by atoms with Gasteiger partial charge in [0.15, 0.2) is 0 Å². The Labute approximate surface area is 104 Å². The molecule has 2 rings (SSSR count). The van der Waals surface area contributed by atoms with Crippen LogP contribution in [0.25, 0.3) is 0 Å². The summed E-state index contributed by atoms with van der Waals surface area (Å²) in [6, 6.07) is 4.09. The van der Waals surface area contributed by atoms with Crippen LogP contribution in [0.4, 0.5) is 0 Å². The third kappa shape index (κ3) is 3.66. The lowest BCUT2D eigenvalue weighted by Gasteiger charge is -2.08. The second kappa shape index (κ2) is 6.08. The minimum Gasteiger partial charge on any atom is -0.309 e. The van der Waals surface area contributed by atoms with Crippen LogP contribution in [0.3, 0.4) is 0 Å². The van der Waals surface area contributed by atoms with Gasteiger partial charge >= 0.3 is 0 Å². The molecule has 0 aliphatic carbocycles. The molecule has 0 atom stereocenters. The molecule has 2 N–H and O–H groups in total. The lowest BCUT2D eigenvalue weighted by atomic mass is 10.3. The number of nitrogens with one attached hydrogen (secondary N) is 2. The summed E-state index contributed by atoms with van der Waals surface area (Å²) in [5.74, 6) is 0. The van der Waals surface area contributed by atoms with Crippen molar-refractivity contribution in [2.24, 2.45) is 4.99 Å². The Morgan fingerprint density at radius 1 is 1.12 bits per heavy atom. The number of aromatic nitrogens is 1. The van der Waals surface area contributed by atoms with Crippen LogP contribution in [0.15, 0.2) is 21.6 Å². The van der Waals surface area contributed by atoms with Crippen LogP contribution < -0.4 is 10.6 Å². The molecule has 0 aromatic carbocycles. The van der Waals surface area contributed by atoms with Crippen molar-refractivity contribution in [1.29, 1.82) is 0 Å². The van der Waals surface area contributed by atoms with Crippen molar-refractivity contribution in [1.82, 2.24) is 15.6 Å². The van der Waals surface area contributed by atoms with Crippen LogP contribution in [0.1, 0.15) is 11.4 Å². The Balaban J connectivity index is 2.12. The molecule has 0 fully saturated rings. The highest BCUT2D eigenvalue weighted by Gasteiger charge is 2.01. The van der Waals surface area contributed by atoms with E-state index in [0.717, 1.165) is 48.6 Å². The first-order chi connectivity index (χ1) is 7.84. The zero-order valence-electron chi connectivity index (χ0n) is 9.04. The van der Waals surface area contributed by atoms with Crippen molar-refractivity contribution in [2.75, 3.05) is 19.6 Å². The molecule has 1 aromatic heterocycles. The van der Waals surface area contributed by atoms with Crippen LogP contribution in [0.5, 0.6) is 0 Å². The number of rotatable bonds is 0. The van der Waals surface area contributed by atoms with Crippen molar-refractivity contribution in [2.45, 2.75) is 13.1 Å². The molecule has 0 amide bonds. The van der Waals surface area contributed by atoms with Gasteiger partial charge < -0.3 is 10.6 Å². The Morgan fingerprint density at radius 2 is 1.88 bits per heavy atom. The van der Waals surface area contributed by atoms with E-state index in [1.54, 1.807) is 0 Å². The molecule has 0 saturated heterocycles. The van der Waals surface area contributed by atoms with E-state index >= 15 is 0 Å². The zero-order chi connectivity index (χ0) is 11.2. The number of halogens is 1. The summed E-state index contributed by atoms with van der Waals surface area (Å²) in [5, 5.41) is 6.61. The average Bonchev–Trinajstić information content (AvgIpc) is 2.24. The van der Waals surface area contributed by atoms with Crippen molar-refractivity contribution in [3.05, 3.63) is 28.0 Å². The number of fused-ring (bicyclic) bond motifs is 2. The van der Waals surface area contributed by atoms with Crippen LogP contribution in [0.2, 0.25) is 0 Å². The summed E-state index contributed by atoms with van der Waals surface area (Å²) in [4.78, 5) is 8.85. The second-order valence-corrected chi connectivity index (χ2v) is 4.58. The maximum Gasteiger partial charge on any atom is 0.0556 e. The van der Waals surface area contributed by atoms with Gasteiger partial charge in [0.05, 0.1) is 17.9 Å². The van der Waals surface area contributed by atoms with Gasteiger partial charge in [0.1, 0.15) is 0 Å².